The van der Waals surface area contributed by atoms with Gasteiger partial charge in [0.15, 0.2) is 0 Å². The largest absolute Gasteiger partial charge is 0.469 e. The summed E-state index contributed by atoms with van der Waals surface area (Å²) in [7, 11) is 1.39. The molecule has 0 radical (unpaired) electrons. The maximum atomic E-state index is 11.3. The number of hydrogen-bond acceptors (Lipinski definition) is 3. The second-order valence-electron chi connectivity index (χ2n) is 3.74. The summed E-state index contributed by atoms with van der Waals surface area (Å²) in [5.74, 6) is 0.396. The van der Waals surface area contributed by atoms with Gasteiger partial charge >= 0.3 is 5.97 Å². The van der Waals surface area contributed by atoms with E-state index in [1.54, 1.807) is 0 Å². The molecule has 0 N–H and O–H groups in total. The molecule has 2 saturated carbocycles. The van der Waals surface area contributed by atoms with Gasteiger partial charge in [0.2, 0.25) is 0 Å². The Labute approximate surface area is 71.1 Å². The van der Waals surface area contributed by atoms with Crippen LogP contribution in [0.25, 0.3) is 0 Å². The van der Waals surface area contributed by atoms with Crippen molar-refractivity contribution in [2.24, 2.45) is 17.8 Å². The monoisotopic (exact) mass is 168 g/mol. The molecule has 0 aromatic carbocycles. The minimum absolute atomic E-state index is 0.0116. The highest BCUT2D eigenvalue weighted by Crippen LogP contribution is 2.46. The molecule has 0 amide bonds. The third kappa shape index (κ3) is 0.958. The van der Waals surface area contributed by atoms with E-state index in [1.807, 2.05) is 0 Å². The highest BCUT2D eigenvalue weighted by Gasteiger charge is 2.48. The SMILES string of the molecule is COC(=O)[C@H]1C[C@@H]2CC(=O)[C@@H]1C2. The van der Waals surface area contributed by atoms with E-state index in [4.69, 9.17) is 0 Å². The topological polar surface area (TPSA) is 43.4 Å². The van der Waals surface area contributed by atoms with Crippen molar-refractivity contribution in [1.29, 1.82) is 0 Å². The average molecular weight is 168 g/mol. The summed E-state index contributed by atoms with van der Waals surface area (Å²) in [6.45, 7) is 0. The van der Waals surface area contributed by atoms with Crippen LogP contribution in [0.1, 0.15) is 19.3 Å². The van der Waals surface area contributed by atoms with Gasteiger partial charge in [-0.15, -0.1) is 0 Å². The Hall–Kier alpha value is -0.860. The summed E-state index contributed by atoms with van der Waals surface area (Å²) in [6.07, 6.45) is 2.47. The van der Waals surface area contributed by atoms with Gasteiger partial charge < -0.3 is 4.74 Å². The number of ether oxygens (including phenoxy) is 1. The summed E-state index contributed by atoms with van der Waals surface area (Å²) < 4.78 is 4.64. The van der Waals surface area contributed by atoms with E-state index in [0.717, 1.165) is 12.8 Å². The van der Waals surface area contributed by atoms with E-state index in [-0.39, 0.29) is 23.6 Å². The van der Waals surface area contributed by atoms with Gasteiger partial charge in [0.25, 0.3) is 0 Å². The summed E-state index contributed by atoms with van der Waals surface area (Å²) >= 11 is 0. The van der Waals surface area contributed by atoms with Crippen LogP contribution in [0.5, 0.6) is 0 Å². The number of fused-ring (bicyclic) bond motifs is 2. The molecule has 66 valence electrons. The smallest absolute Gasteiger partial charge is 0.309 e. The lowest BCUT2D eigenvalue weighted by molar-refractivity contribution is -0.149. The van der Waals surface area contributed by atoms with Crippen LogP contribution in [-0.2, 0) is 14.3 Å². The summed E-state index contributed by atoms with van der Waals surface area (Å²) in [4.78, 5) is 22.4. The number of rotatable bonds is 1. The number of Topliss-reactive ketones (excluding diaryl/α,β-unsaturated/α-hetero) is 1. The van der Waals surface area contributed by atoms with Crippen LogP contribution in [0.15, 0.2) is 0 Å². The number of ketones is 1. The van der Waals surface area contributed by atoms with Gasteiger partial charge in [-0.2, -0.15) is 0 Å². The van der Waals surface area contributed by atoms with Crippen molar-refractivity contribution < 1.29 is 14.3 Å². The molecule has 0 aliphatic heterocycles. The molecule has 12 heavy (non-hydrogen) atoms. The van der Waals surface area contributed by atoms with Gasteiger partial charge in [-0.05, 0) is 18.8 Å². The summed E-state index contributed by atoms with van der Waals surface area (Å²) in [6, 6.07) is 0. The van der Waals surface area contributed by atoms with Crippen molar-refractivity contribution in [2.45, 2.75) is 19.3 Å². The minimum Gasteiger partial charge on any atom is -0.469 e. The molecular weight excluding hydrogens is 156 g/mol. The minimum atomic E-state index is -0.199. The normalized spacial score (nSPS) is 38.8. The second-order valence-corrected chi connectivity index (χ2v) is 3.74. The van der Waals surface area contributed by atoms with Crippen molar-refractivity contribution in [3.05, 3.63) is 0 Å². The number of esters is 1. The van der Waals surface area contributed by atoms with Crippen LogP contribution in [0.2, 0.25) is 0 Å². The molecule has 2 aliphatic carbocycles. The Bertz CT molecular complexity index is 234. The molecule has 3 heteroatoms. The molecule has 0 spiro atoms. The zero-order chi connectivity index (χ0) is 8.72. The van der Waals surface area contributed by atoms with Gasteiger partial charge in [0.05, 0.1) is 13.0 Å². The van der Waals surface area contributed by atoms with E-state index in [0.29, 0.717) is 12.3 Å². The third-order valence-electron chi connectivity index (χ3n) is 3.07. The molecule has 0 aromatic rings. The highest BCUT2D eigenvalue weighted by molar-refractivity contribution is 5.90. The van der Waals surface area contributed by atoms with E-state index < -0.39 is 0 Å². The predicted molar refractivity (Wildman–Crippen MR) is 41.3 cm³/mol. The van der Waals surface area contributed by atoms with Gasteiger partial charge in [0.1, 0.15) is 5.78 Å². The Kier molecular flexibility index (Phi) is 1.67. The fourth-order valence-electron chi connectivity index (χ4n) is 2.51. The molecule has 3 atom stereocenters. The second kappa shape index (κ2) is 2.57. The Morgan fingerprint density at radius 1 is 1.50 bits per heavy atom. The first-order valence-corrected chi connectivity index (χ1v) is 4.33. The summed E-state index contributed by atoms with van der Waals surface area (Å²) in [5, 5.41) is 0. The Morgan fingerprint density at radius 3 is 2.75 bits per heavy atom. The number of carbonyl (C=O) groups excluding carboxylic acids is 2. The zero-order valence-electron chi connectivity index (χ0n) is 7.08. The fraction of sp³-hybridized carbons (Fsp3) is 0.778. The quantitative estimate of drug-likeness (QED) is 0.543. The first-order chi connectivity index (χ1) is 5.72. The number of methoxy groups -OCH3 is 1. The third-order valence-corrected chi connectivity index (χ3v) is 3.07. The first-order valence-electron chi connectivity index (χ1n) is 4.33. The molecule has 3 nitrogen and oxygen atoms in total. The van der Waals surface area contributed by atoms with Crippen LogP contribution in [0, 0.1) is 17.8 Å². The lowest BCUT2D eigenvalue weighted by Crippen LogP contribution is -2.27. The van der Waals surface area contributed by atoms with Crippen LogP contribution < -0.4 is 0 Å². The zero-order valence-corrected chi connectivity index (χ0v) is 7.08. The molecule has 0 aromatic heterocycles. The molecule has 2 aliphatic rings. The van der Waals surface area contributed by atoms with Gasteiger partial charge in [-0.25, -0.2) is 0 Å². The van der Waals surface area contributed by atoms with Crippen LogP contribution in [-0.4, -0.2) is 18.9 Å². The molecule has 2 fully saturated rings. The van der Waals surface area contributed by atoms with Crippen molar-refractivity contribution in [3.63, 3.8) is 0 Å². The van der Waals surface area contributed by atoms with E-state index in [1.165, 1.54) is 7.11 Å². The van der Waals surface area contributed by atoms with E-state index in [2.05, 4.69) is 4.74 Å². The van der Waals surface area contributed by atoms with Crippen molar-refractivity contribution in [3.8, 4) is 0 Å². The van der Waals surface area contributed by atoms with Crippen LogP contribution >= 0.6 is 0 Å². The number of hydrogen-bond donors (Lipinski definition) is 0. The average Bonchev–Trinajstić information content (AvgIpc) is 2.60. The fourth-order valence-corrected chi connectivity index (χ4v) is 2.51. The van der Waals surface area contributed by atoms with Crippen molar-refractivity contribution >= 4 is 11.8 Å². The van der Waals surface area contributed by atoms with E-state index in [9.17, 15) is 9.59 Å². The van der Waals surface area contributed by atoms with Gasteiger partial charge in [-0.3, -0.25) is 9.59 Å². The molecule has 2 bridgehead atoms. The molecule has 2 rings (SSSR count). The maximum Gasteiger partial charge on any atom is 0.309 e. The van der Waals surface area contributed by atoms with Gasteiger partial charge in [-0.1, -0.05) is 0 Å². The van der Waals surface area contributed by atoms with Crippen molar-refractivity contribution in [1.82, 2.24) is 0 Å². The van der Waals surface area contributed by atoms with E-state index >= 15 is 0 Å². The number of carbonyl (C=O) groups is 2. The molecule has 0 saturated heterocycles. The maximum absolute atomic E-state index is 11.3. The molecular formula is C9H12O3. The van der Waals surface area contributed by atoms with Crippen LogP contribution in [0.4, 0.5) is 0 Å². The summed E-state index contributed by atoms with van der Waals surface area (Å²) in [5.41, 5.74) is 0. The predicted octanol–water partition coefficient (Wildman–Crippen LogP) is 0.775. The standard InChI is InChI=1S/C9H12O3/c1-12-9(11)7-3-5-2-6(7)8(10)4-5/h5-7H,2-4H2,1H3/t5-,6-,7+/m1/s1. The molecule has 0 heterocycles. The highest BCUT2D eigenvalue weighted by atomic mass is 16.5. The molecule has 0 unspecified atom stereocenters. The Morgan fingerprint density at radius 2 is 2.25 bits per heavy atom. The Balaban J connectivity index is 2.12. The lowest BCUT2D eigenvalue weighted by atomic mass is 9.88. The lowest BCUT2D eigenvalue weighted by Gasteiger charge is -2.17. The first kappa shape index (κ1) is 7.77. The van der Waals surface area contributed by atoms with Crippen LogP contribution in [0.3, 0.4) is 0 Å². The van der Waals surface area contributed by atoms with Gasteiger partial charge in [0, 0.05) is 12.3 Å². The van der Waals surface area contributed by atoms with Crippen molar-refractivity contribution in [2.75, 3.05) is 7.11 Å².